The van der Waals surface area contributed by atoms with Crippen molar-refractivity contribution in [3.63, 3.8) is 0 Å². The molecule has 2 aromatic heterocycles. The van der Waals surface area contributed by atoms with Crippen molar-refractivity contribution in [2.45, 2.75) is 0 Å². The van der Waals surface area contributed by atoms with E-state index < -0.39 is 11.9 Å². The van der Waals surface area contributed by atoms with Crippen molar-refractivity contribution >= 4 is 44.0 Å². The summed E-state index contributed by atoms with van der Waals surface area (Å²) in [5.41, 5.74) is 0. The second-order valence-electron chi connectivity index (χ2n) is 3.86. The van der Waals surface area contributed by atoms with Crippen LogP contribution in [0, 0.1) is 0 Å². The molecule has 3 heterocycles. The molecule has 20 heavy (non-hydrogen) atoms. The quantitative estimate of drug-likeness (QED) is 0.792. The molecule has 0 bridgehead atoms. The van der Waals surface area contributed by atoms with Crippen molar-refractivity contribution in [2.75, 3.05) is 27.4 Å². The zero-order chi connectivity index (χ0) is 14.3. The highest BCUT2D eigenvalue weighted by atomic mass is 32.2. The molecule has 2 aromatic rings. The molecule has 1 aliphatic rings. The van der Waals surface area contributed by atoms with Gasteiger partial charge in [-0.25, -0.2) is 9.59 Å². The van der Waals surface area contributed by atoms with Gasteiger partial charge in [0.05, 0.1) is 23.6 Å². The zero-order valence-corrected chi connectivity index (χ0v) is 12.3. The van der Waals surface area contributed by atoms with Crippen LogP contribution in [0.2, 0.25) is 0 Å². The lowest BCUT2D eigenvalue weighted by molar-refractivity contribution is 0.0591. The highest BCUT2D eigenvalue weighted by Gasteiger charge is 2.31. The fourth-order valence-electron chi connectivity index (χ4n) is 1.93. The molecule has 0 saturated carbocycles. The van der Waals surface area contributed by atoms with E-state index in [4.69, 9.17) is 18.9 Å². The lowest BCUT2D eigenvalue weighted by Crippen LogP contribution is -2.09. The molecule has 0 spiro atoms. The predicted molar refractivity (Wildman–Crippen MR) is 73.4 cm³/mol. The number of thiophene rings is 2. The molecule has 0 amide bonds. The van der Waals surface area contributed by atoms with E-state index in [1.807, 2.05) is 0 Å². The number of methoxy groups -OCH3 is 2. The van der Waals surface area contributed by atoms with Gasteiger partial charge in [0.2, 0.25) is 0 Å². The fourth-order valence-corrected chi connectivity index (χ4v) is 4.39. The van der Waals surface area contributed by atoms with Crippen LogP contribution in [0.3, 0.4) is 0 Å². The molecule has 0 atom stereocenters. The summed E-state index contributed by atoms with van der Waals surface area (Å²) in [5, 5.41) is 0.651. The van der Waals surface area contributed by atoms with E-state index in [2.05, 4.69) is 0 Å². The third-order valence-corrected chi connectivity index (χ3v) is 5.17. The van der Waals surface area contributed by atoms with Crippen LogP contribution in [0.15, 0.2) is 0 Å². The van der Waals surface area contributed by atoms with Gasteiger partial charge in [-0.15, -0.1) is 22.7 Å². The molecule has 8 heteroatoms. The average molecular weight is 314 g/mol. The fraction of sp³-hybridized carbons (Fsp3) is 0.333. The Hall–Kier alpha value is -1.80. The molecule has 1 aliphatic heterocycles. The molecule has 0 unspecified atom stereocenters. The van der Waals surface area contributed by atoms with Crippen LogP contribution in [0.5, 0.6) is 11.5 Å². The molecular formula is C12H10O6S2. The van der Waals surface area contributed by atoms with Crippen LogP contribution in [-0.2, 0) is 9.47 Å². The van der Waals surface area contributed by atoms with Crippen LogP contribution < -0.4 is 9.47 Å². The van der Waals surface area contributed by atoms with Gasteiger partial charge in [0.15, 0.2) is 21.3 Å². The first kappa shape index (κ1) is 13.2. The minimum Gasteiger partial charge on any atom is -0.487 e. The third kappa shape index (κ3) is 1.83. The minimum atomic E-state index is -0.458. The van der Waals surface area contributed by atoms with Crippen LogP contribution in [-0.4, -0.2) is 39.4 Å². The third-order valence-electron chi connectivity index (χ3n) is 2.78. The van der Waals surface area contributed by atoms with Gasteiger partial charge < -0.3 is 18.9 Å². The topological polar surface area (TPSA) is 71.1 Å². The lowest BCUT2D eigenvalue weighted by Gasteiger charge is -2.02. The Kier molecular flexibility index (Phi) is 3.27. The molecule has 106 valence electrons. The molecule has 0 N–H and O–H groups in total. The van der Waals surface area contributed by atoms with Gasteiger partial charge in [-0.05, 0) is 0 Å². The number of esters is 2. The van der Waals surface area contributed by atoms with E-state index in [1.165, 1.54) is 36.9 Å². The molecular weight excluding hydrogens is 304 g/mol. The van der Waals surface area contributed by atoms with E-state index in [9.17, 15) is 9.59 Å². The Balaban J connectivity index is 2.25. The highest BCUT2D eigenvalue weighted by molar-refractivity contribution is 7.40. The van der Waals surface area contributed by atoms with E-state index >= 15 is 0 Å². The zero-order valence-electron chi connectivity index (χ0n) is 10.7. The smallest absolute Gasteiger partial charge is 0.351 e. The SMILES string of the molecule is COC(=O)c1sc2sc(C(=O)OC)c3c2c1OCCO3. The largest absolute Gasteiger partial charge is 0.487 e. The second-order valence-corrected chi connectivity index (χ2v) is 6.16. The van der Waals surface area contributed by atoms with Crippen molar-refractivity contribution in [3.05, 3.63) is 9.75 Å². The first-order chi connectivity index (χ1) is 9.67. The number of hydrogen-bond acceptors (Lipinski definition) is 8. The normalized spacial score (nSPS) is 13.3. The molecule has 0 radical (unpaired) electrons. The van der Waals surface area contributed by atoms with Gasteiger partial charge in [-0.2, -0.15) is 0 Å². The van der Waals surface area contributed by atoms with Gasteiger partial charge in [0.25, 0.3) is 0 Å². The molecule has 0 saturated heterocycles. The Morgan fingerprint density at radius 1 is 0.950 bits per heavy atom. The van der Waals surface area contributed by atoms with E-state index in [1.54, 1.807) is 0 Å². The maximum atomic E-state index is 11.8. The molecule has 0 aliphatic carbocycles. The summed E-state index contributed by atoms with van der Waals surface area (Å²) in [7, 11) is 2.63. The van der Waals surface area contributed by atoms with Crippen molar-refractivity contribution in [2.24, 2.45) is 0 Å². The summed E-state index contributed by atoms with van der Waals surface area (Å²) < 4.78 is 21.4. The van der Waals surface area contributed by atoms with Crippen molar-refractivity contribution in [1.82, 2.24) is 0 Å². The molecule has 0 fully saturated rings. The second kappa shape index (κ2) is 4.95. The Bertz CT molecular complexity index is 643. The first-order valence-electron chi connectivity index (χ1n) is 5.69. The molecule has 6 nitrogen and oxygen atoms in total. The molecule has 0 aromatic carbocycles. The van der Waals surface area contributed by atoms with Gasteiger partial charge >= 0.3 is 11.9 Å². The maximum Gasteiger partial charge on any atom is 0.351 e. The number of hydrogen-bond donors (Lipinski definition) is 0. The highest BCUT2D eigenvalue weighted by Crippen LogP contribution is 2.50. The lowest BCUT2D eigenvalue weighted by atomic mass is 10.2. The predicted octanol–water partition coefficient (Wildman–Crippen LogP) is 2.31. The molecule has 3 rings (SSSR count). The summed E-state index contributed by atoms with van der Waals surface area (Å²) in [6.07, 6.45) is 0. The Morgan fingerprint density at radius 2 is 1.40 bits per heavy atom. The summed E-state index contributed by atoms with van der Waals surface area (Å²) >= 11 is 2.45. The van der Waals surface area contributed by atoms with Crippen LogP contribution in [0.4, 0.5) is 0 Å². The van der Waals surface area contributed by atoms with Crippen molar-refractivity contribution in [3.8, 4) is 11.5 Å². The van der Waals surface area contributed by atoms with Crippen molar-refractivity contribution in [1.29, 1.82) is 0 Å². The number of carbonyl (C=O) groups excluding carboxylic acids is 2. The minimum absolute atomic E-state index is 0.301. The van der Waals surface area contributed by atoms with Gasteiger partial charge in [0, 0.05) is 0 Å². The Labute approximate surface area is 121 Å². The van der Waals surface area contributed by atoms with E-state index in [0.717, 1.165) is 4.01 Å². The number of carbonyl (C=O) groups is 2. The average Bonchev–Trinajstić information content (AvgIpc) is 2.89. The number of rotatable bonds is 2. The first-order valence-corrected chi connectivity index (χ1v) is 7.32. The van der Waals surface area contributed by atoms with Crippen LogP contribution in [0.1, 0.15) is 19.3 Å². The summed E-state index contributed by atoms with van der Waals surface area (Å²) in [5.74, 6) is -0.0618. The van der Waals surface area contributed by atoms with Crippen LogP contribution in [0.25, 0.3) is 9.40 Å². The summed E-state index contributed by atoms with van der Waals surface area (Å²) in [6.45, 7) is 0.603. The summed E-state index contributed by atoms with van der Waals surface area (Å²) in [6, 6.07) is 0. The monoisotopic (exact) mass is 314 g/mol. The van der Waals surface area contributed by atoms with Gasteiger partial charge in [-0.1, -0.05) is 0 Å². The summed E-state index contributed by atoms with van der Waals surface area (Å²) in [4.78, 5) is 24.3. The Morgan fingerprint density at radius 3 is 1.80 bits per heavy atom. The standard InChI is InChI=1S/C12H10O6S2/c1-15-10(13)8-6-5-7(18-4-3-17-6)9(11(14)16-2)20-12(5)19-8/h3-4H2,1-2H3. The van der Waals surface area contributed by atoms with Crippen LogP contribution >= 0.6 is 22.7 Å². The van der Waals surface area contributed by atoms with E-state index in [0.29, 0.717) is 39.9 Å². The number of ether oxygens (including phenoxy) is 4. The van der Waals surface area contributed by atoms with Gasteiger partial charge in [-0.3, -0.25) is 0 Å². The van der Waals surface area contributed by atoms with E-state index in [-0.39, 0.29) is 0 Å². The van der Waals surface area contributed by atoms with Gasteiger partial charge in [0.1, 0.15) is 13.2 Å². The maximum absolute atomic E-state index is 11.8. The van der Waals surface area contributed by atoms with Crippen molar-refractivity contribution < 1.29 is 28.5 Å².